The molecule has 0 amide bonds. The maximum Gasteiger partial charge on any atom is 0.308 e. The van der Waals surface area contributed by atoms with Gasteiger partial charge in [0.1, 0.15) is 5.75 Å². The molecule has 1 aliphatic rings. The Kier molecular flexibility index (Phi) is 3.73. The Bertz CT molecular complexity index is 1040. The minimum Gasteiger partial charge on any atom is -0.426 e. The van der Waals surface area contributed by atoms with Crippen LogP contribution in [0.25, 0.3) is 10.8 Å². The van der Waals surface area contributed by atoms with Gasteiger partial charge >= 0.3 is 5.97 Å². The highest BCUT2D eigenvalue weighted by Crippen LogP contribution is 2.50. The zero-order valence-corrected chi connectivity index (χ0v) is 15.5. The Morgan fingerprint density at radius 1 is 1.04 bits per heavy atom. The van der Waals surface area contributed by atoms with Gasteiger partial charge in [-0.15, -0.1) is 0 Å². The first kappa shape index (κ1) is 16.0. The van der Waals surface area contributed by atoms with E-state index < -0.39 is 0 Å². The Labute approximate surface area is 151 Å². The summed E-state index contributed by atoms with van der Waals surface area (Å²) in [6, 6.07) is 12.3. The molecule has 0 atom stereocenters. The highest BCUT2D eigenvalue weighted by Gasteiger charge is 2.23. The number of rotatable bonds is 1. The average Bonchev–Trinajstić information content (AvgIpc) is 2.58. The predicted molar refractivity (Wildman–Crippen MR) is 103 cm³/mol. The van der Waals surface area contributed by atoms with Crippen molar-refractivity contribution in [3.05, 3.63) is 53.1 Å². The fourth-order valence-electron chi connectivity index (χ4n) is 3.35. The first-order valence-corrected chi connectivity index (χ1v) is 9.07. The smallest absolute Gasteiger partial charge is 0.308 e. The van der Waals surface area contributed by atoms with E-state index in [0.717, 1.165) is 27.0 Å². The lowest BCUT2D eigenvalue weighted by molar-refractivity contribution is -0.131. The molecule has 0 bridgehead atoms. The number of ether oxygens (including phenoxy) is 1. The highest BCUT2D eigenvalue weighted by molar-refractivity contribution is 7.99. The van der Waals surface area contributed by atoms with Crippen LogP contribution in [0.15, 0.2) is 46.2 Å². The second kappa shape index (κ2) is 5.81. The van der Waals surface area contributed by atoms with Crippen LogP contribution in [-0.4, -0.2) is 5.97 Å². The van der Waals surface area contributed by atoms with Crippen LogP contribution in [0.2, 0.25) is 0 Å². The van der Waals surface area contributed by atoms with Gasteiger partial charge in [-0.3, -0.25) is 4.79 Å². The summed E-state index contributed by atoms with van der Waals surface area (Å²) < 4.78 is 5.55. The average molecular weight is 349 g/mol. The summed E-state index contributed by atoms with van der Waals surface area (Å²) in [7, 11) is 0. The third-order valence-corrected chi connectivity index (χ3v) is 5.92. The first-order chi connectivity index (χ1) is 12.0. The van der Waals surface area contributed by atoms with Crippen molar-refractivity contribution in [2.24, 2.45) is 0 Å². The Morgan fingerprint density at radius 3 is 2.56 bits per heavy atom. The van der Waals surface area contributed by atoms with Gasteiger partial charge in [-0.1, -0.05) is 23.9 Å². The molecular formula is C21H19NO2S. The molecule has 0 radical (unpaired) electrons. The molecule has 4 heteroatoms. The normalized spacial score (nSPS) is 12.3. The zero-order chi connectivity index (χ0) is 17.7. The lowest BCUT2D eigenvalue weighted by Gasteiger charge is -2.25. The van der Waals surface area contributed by atoms with Crippen molar-refractivity contribution in [3.63, 3.8) is 0 Å². The summed E-state index contributed by atoms with van der Waals surface area (Å²) in [6.45, 7) is 7.81. The van der Waals surface area contributed by atoms with Crippen molar-refractivity contribution in [1.29, 1.82) is 0 Å². The second-order valence-corrected chi connectivity index (χ2v) is 7.51. The molecule has 3 aromatic carbocycles. The van der Waals surface area contributed by atoms with E-state index in [0.29, 0.717) is 5.75 Å². The molecule has 0 fully saturated rings. The number of para-hydroxylation sites is 1. The monoisotopic (exact) mass is 349 g/mol. The minimum absolute atomic E-state index is 0.300. The Balaban J connectivity index is 2.05. The van der Waals surface area contributed by atoms with Gasteiger partial charge in [-0.25, -0.2) is 0 Å². The summed E-state index contributed by atoms with van der Waals surface area (Å²) in [5, 5.41) is 5.69. The third kappa shape index (κ3) is 2.57. The quantitative estimate of drug-likeness (QED) is 0.343. The molecule has 3 nitrogen and oxygen atoms in total. The van der Waals surface area contributed by atoms with Gasteiger partial charge in [-0.2, -0.15) is 0 Å². The molecular weight excluding hydrogens is 330 g/mol. The number of carbonyl (C=O) groups excluding carboxylic acids is 1. The number of nitrogens with one attached hydrogen (secondary N) is 1. The molecule has 126 valence electrons. The minimum atomic E-state index is -0.300. The van der Waals surface area contributed by atoms with Crippen LogP contribution < -0.4 is 10.1 Å². The molecule has 0 saturated heterocycles. The summed E-state index contributed by atoms with van der Waals surface area (Å²) in [5.74, 6) is 0.326. The summed E-state index contributed by atoms with van der Waals surface area (Å²) in [5.41, 5.74) is 5.88. The predicted octanol–water partition coefficient (Wildman–Crippen LogP) is 5.90. The van der Waals surface area contributed by atoms with Crippen molar-refractivity contribution < 1.29 is 9.53 Å². The van der Waals surface area contributed by atoms with Gasteiger partial charge < -0.3 is 10.1 Å². The van der Waals surface area contributed by atoms with E-state index >= 15 is 0 Å². The largest absolute Gasteiger partial charge is 0.426 e. The number of carbonyl (C=O) groups is 1. The number of anilines is 2. The van der Waals surface area contributed by atoms with Crippen molar-refractivity contribution in [3.8, 4) is 5.75 Å². The maximum atomic E-state index is 11.6. The number of benzene rings is 3. The molecule has 0 aliphatic carbocycles. The maximum absolute atomic E-state index is 11.6. The summed E-state index contributed by atoms with van der Waals surface area (Å²) in [6.07, 6.45) is 0. The van der Waals surface area contributed by atoms with Crippen LogP contribution in [-0.2, 0) is 4.79 Å². The van der Waals surface area contributed by atoms with Crippen LogP contribution >= 0.6 is 11.8 Å². The molecule has 0 unspecified atom stereocenters. The first-order valence-electron chi connectivity index (χ1n) is 8.25. The van der Waals surface area contributed by atoms with E-state index in [4.69, 9.17) is 4.74 Å². The Hall–Kier alpha value is -2.46. The van der Waals surface area contributed by atoms with E-state index in [1.807, 2.05) is 18.2 Å². The molecule has 0 aromatic heterocycles. The number of hydrogen-bond acceptors (Lipinski definition) is 4. The van der Waals surface area contributed by atoms with E-state index in [1.165, 1.54) is 28.5 Å². The number of aryl methyl sites for hydroxylation is 2. The van der Waals surface area contributed by atoms with E-state index in [-0.39, 0.29) is 5.97 Å². The van der Waals surface area contributed by atoms with Crippen molar-refractivity contribution in [2.45, 2.75) is 37.5 Å². The SMILES string of the molecule is CC(=O)Oc1cc2c(c3c(C)c(C)c(C)cc13)Nc1ccccc1S2. The molecule has 25 heavy (non-hydrogen) atoms. The van der Waals surface area contributed by atoms with Gasteiger partial charge in [0, 0.05) is 27.5 Å². The molecule has 0 saturated carbocycles. The van der Waals surface area contributed by atoms with E-state index in [2.05, 4.69) is 44.3 Å². The summed E-state index contributed by atoms with van der Waals surface area (Å²) in [4.78, 5) is 13.9. The van der Waals surface area contributed by atoms with Gasteiger partial charge in [-0.05, 0) is 61.7 Å². The molecule has 1 aliphatic heterocycles. The molecule has 4 rings (SSSR count). The lowest BCUT2D eigenvalue weighted by Crippen LogP contribution is -2.06. The topological polar surface area (TPSA) is 38.3 Å². The number of esters is 1. The van der Waals surface area contributed by atoms with Crippen LogP contribution in [0, 0.1) is 20.8 Å². The van der Waals surface area contributed by atoms with Crippen LogP contribution in [0.5, 0.6) is 5.75 Å². The number of fused-ring (bicyclic) bond motifs is 4. The van der Waals surface area contributed by atoms with Crippen LogP contribution in [0.3, 0.4) is 0 Å². The Morgan fingerprint density at radius 2 is 1.80 bits per heavy atom. The van der Waals surface area contributed by atoms with Gasteiger partial charge in [0.2, 0.25) is 0 Å². The van der Waals surface area contributed by atoms with Crippen molar-refractivity contribution in [1.82, 2.24) is 0 Å². The molecule has 0 spiro atoms. The lowest BCUT2D eigenvalue weighted by atomic mass is 9.94. The number of hydrogen-bond donors (Lipinski definition) is 1. The summed E-state index contributed by atoms with van der Waals surface area (Å²) >= 11 is 1.70. The second-order valence-electron chi connectivity index (χ2n) is 6.43. The molecule has 3 aromatic rings. The van der Waals surface area contributed by atoms with Gasteiger partial charge in [0.25, 0.3) is 0 Å². The van der Waals surface area contributed by atoms with E-state index in [1.54, 1.807) is 11.8 Å². The van der Waals surface area contributed by atoms with E-state index in [9.17, 15) is 4.79 Å². The standard InChI is InChI=1S/C21H19NO2S/c1-11-9-15-17(24-14(4)23)10-19-21(20(15)13(3)12(11)2)22-16-7-5-6-8-18(16)25-19/h5-10,22H,1-4H3. The molecule has 1 heterocycles. The zero-order valence-electron chi connectivity index (χ0n) is 14.7. The van der Waals surface area contributed by atoms with Crippen molar-refractivity contribution >= 4 is 39.9 Å². The third-order valence-electron chi connectivity index (χ3n) is 4.80. The highest BCUT2D eigenvalue weighted by atomic mass is 32.2. The van der Waals surface area contributed by atoms with Crippen molar-refractivity contribution in [2.75, 3.05) is 5.32 Å². The fourth-order valence-corrected chi connectivity index (χ4v) is 4.38. The fraction of sp³-hybridized carbons (Fsp3) is 0.190. The van der Waals surface area contributed by atoms with Crippen LogP contribution in [0.1, 0.15) is 23.6 Å². The van der Waals surface area contributed by atoms with Crippen LogP contribution in [0.4, 0.5) is 11.4 Å². The van der Waals surface area contributed by atoms with Gasteiger partial charge in [0.15, 0.2) is 0 Å². The molecule has 1 N–H and O–H groups in total. The van der Waals surface area contributed by atoms with Gasteiger partial charge in [0.05, 0.1) is 11.4 Å².